The average molecular weight is 726 g/mol. The van der Waals surface area contributed by atoms with E-state index in [-0.39, 0.29) is 28.6 Å². The number of nitrogens with zero attached hydrogens (tertiary/aromatic N) is 5. The number of aromatic amines is 1. The molecule has 2 amide bonds. The molecule has 266 valence electrons. The molecular formula is C41H36FN7O3S. The number of para-hydroxylation sites is 1. The Morgan fingerprint density at radius 2 is 1.85 bits per heavy atom. The van der Waals surface area contributed by atoms with Crippen molar-refractivity contribution in [2.24, 2.45) is 5.41 Å². The molecule has 2 saturated heterocycles. The van der Waals surface area contributed by atoms with E-state index in [2.05, 4.69) is 37.8 Å². The number of fused-ring (bicyclic) bond motifs is 4. The summed E-state index contributed by atoms with van der Waals surface area (Å²) >= 11 is 1.53. The fraction of sp³-hybridized carbons (Fsp3) is 0.244. The Morgan fingerprint density at radius 3 is 2.64 bits per heavy atom. The van der Waals surface area contributed by atoms with Crippen LogP contribution in [0.3, 0.4) is 0 Å². The molecule has 0 aliphatic carbocycles. The molecule has 4 aromatic heterocycles. The van der Waals surface area contributed by atoms with Gasteiger partial charge in [-0.15, -0.1) is 11.3 Å². The molecule has 6 aromatic rings. The molecule has 0 radical (unpaired) electrons. The van der Waals surface area contributed by atoms with E-state index < -0.39 is 0 Å². The summed E-state index contributed by atoms with van der Waals surface area (Å²) in [7, 11) is 0. The lowest BCUT2D eigenvalue weighted by Gasteiger charge is -2.53. The number of aromatic nitrogens is 4. The molecule has 2 aromatic carbocycles. The Balaban J connectivity index is 0.919. The second-order valence-electron chi connectivity index (χ2n) is 14.1. The minimum absolute atomic E-state index is 0.161. The molecule has 7 heterocycles. The van der Waals surface area contributed by atoms with E-state index in [9.17, 15) is 14.0 Å². The Morgan fingerprint density at radius 1 is 1.04 bits per heavy atom. The highest BCUT2D eigenvalue weighted by Crippen LogP contribution is 2.44. The van der Waals surface area contributed by atoms with Crippen molar-refractivity contribution < 1.29 is 18.7 Å². The van der Waals surface area contributed by atoms with Gasteiger partial charge in [-0.05, 0) is 98.0 Å². The van der Waals surface area contributed by atoms with E-state index in [0.29, 0.717) is 63.9 Å². The van der Waals surface area contributed by atoms with Crippen molar-refractivity contribution >= 4 is 57.0 Å². The average Bonchev–Trinajstić information content (AvgIpc) is 3.77. The van der Waals surface area contributed by atoms with Crippen LogP contribution in [-0.2, 0) is 11.2 Å². The van der Waals surface area contributed by atoms with Gasteiger partial charge in [0.15, 0.2) is 5.82 Å². The molecule has 0 bridgehead atoms. The van der Waals surface area contributed by atoms with Gasteiger partial charge in [0.1, 0.15) is 22.9 Å². The summed E-state index contributed by atoms with van der Waals surface area (Å²) in [5.74, 6) is 0.416. The topological polar surface area (TPSA) is 116 Å². The van der Waals surface area contributed by atoms with Crippen LogP contribution in [0, 0.1) is 18.2 Å². The molecule has 3 aliphatic heterocycles. The number of imidazole rings is 1. The maximum Gasteiger partial charge on any atom is 0.259 e. The fourth-order valence-corrected chi connectivity index (χ4v) is 8.83. The van der Waals surface area contributed by atoms with E-state index in [1.54, 1.807) is 53.7 Å². The second-order valence-corrected chi connectivity index (χ2v) is 15.2. The largest absolute Gasteiger partial charge is 0.381 e. The number of benzene rings is 2. The molecule has 0 atom stereocenters. The highest BCUT2D eigenvalue weighted by atomic mass is 32.1. The number of anilines is 3. The lowest BCUT2D eigenvalue weighted by Crippen LogP contribution is -2.59. The number of carbonyl (C=O) groups is 2. The van der Waals surface area contributed by atoms with Crippen molar-refractivity contribution in [1.82, 2.24) is 19.9 Å². The Labute approximate surface area is 309 Å². The van der Waals surface area contributed by atoms with Gasteiger partial charge in [-0.25, -0.2) is 14.4 Å². The van der Waals surface area contributed by atoms with Crippen molar-refractivity contribution in [2.75, 3.05) is 48.0 Å². The number of ether oxygens (including phenoxy) is 1. The predicted octanol–water partition coefficient (Wildman–Crippen LogP) is 7.66. The molecule has 1 spiro atoms. The number of carbonyl (C=O) groups excluding carboxylic acids is 2. The number of H-pyrrole nitrogens is 1. The van der Waals surface area contributed by atoms with Crippen molar-refractivity contribution in [3.63, 3.8) is 0 Å². The summed E-state index contributed by atoms with van der Waals surface area (Å²) in [5.41, 5.74) is 6.80. The zero-order valence-corrected chi connectivity index (χ0v) is 29.9. The first-order valence-corrected chi connectivity index (χ1v) is 18.5. The zero-order valence-electron chi connectivity index (χ0n) is 29.1. The summed E-state index contributed by atoms with van der Waals surface area (Å²) in [5, 5.41) is 3.02. The van der Waals surface area contributed by atoms with Crippen molar-refractivity contribution in [2.45, 2.75) is 26.2 Å². The first kappa shape index (κ1) is 33.1. The second kappa shape index (κ2) is 13.0. The number of aryl methyl sites for hydroxylation is 1. The summed E-state index contributed by atoms with van der Waals surface area (Å²) in [6.07, 6.45) is 6.19. The molecule has 53 heavy (non-hydrogen) atoms. The molecule has 10 nitrogen and oxygen atoms in total. The number of hydrogen-bond donors (Lipinski definition) is 2. The Bertz CT molecular complexity index is 2420. The first-order valence-electron chi connectivity index (χ1n) is 17.7. The lowest BCUT2D eigenvalue weighted by atomic mass is 9.73. The monoisotopic (exact) mass is 725 g/mol. The third kappa shape index (κ3) is 5.97. The summed E-state index contributed by atoms with van der Waals surface area (Å²) < 4.78 is 19.9. The Kier molecular flexibility index (Phi) is 8.16. The van der Waals surface area contributed by atoms with Gasteiger partial charge in [0.05, 0.1) is 21.6 Å². The van der Waals surface area contributed by atoms with Crippen LogP contribution >= 0.6 is 11.3 Å². The Hall–Kier alpha value is -5.72. The van der Waals surface area contributed by atoms with Gasteiger partial charge in [0, 0.05) is 72.4 Å². The number of hydrogen-bond acceptors (Lipinski definition) is 8. The van der Waals surface area contributed by atoms with E-state index in [0.717, 1.165) is 60.0 Å². The smallest absolute Gasteiger partial charge is 0.259 e. The van der Waals surface area contributed by atoms with Crippen molar-refractivity contribution in [3.05, 3.63) is 124 Å². The van der Waals surface area contributed by atoms with E-state index in [1.807, 2.05) is 25.1 Å². The first-order chi connectivity index (χ1) is 25.7. The third-order valence-electron chi connectivity index (χ3n) is 10.5. The number of thiophene rings is 1. The zero-order chi connectivity index (χ0) is 36.3. The number of halogens is 1. The standard InChI is InChI=1S/C41H36FN7O3S/c1-24-19-29(38(44-21-24)48-22-41(23-48)13-17-52-18-14-41)39(50)45-28-10-8-26(9-11-28)40(51)49-16-12-27-20-33(53-36(27)35-32(49)7-4-15-43-35)25(2)37-46-31-6-3-5-30(42)34(31)47-37/h3-11,15,19-21H,2,12-14,16-18,22-23H2,1H3,(H,45,50)(H,46,47). The highest BCUT2D eigenvalue weighted by molar-refractivity contribution is 7.16. The van der Waals surface area contributed by atoms with E-state index in [1.165, 1.54) is 17.4 Å². The van der Waals surface area contributed by atoms with Gasteiger partial charge in [-0.3, -0.25) is 14.6 Å². The molecule has 0 saturated carbocycles. The van der Waals surface area contributed by atoms with Gasteiger partial charge in [0.25, 0.3) is 11.8 Å². The quantitative estimate of drug-likeness (QED) is 0.181. The van der Waals surface area contributed by atoms with Crippen LogP contribution in [0.2, 0.25) is 0 Å². The lowest BCUT2D eigenvalue weighted by molar-refractivity contribution is -0.000510. The third-order valence-corrected chi connectivity index (χ3v) is 11.8. The highest BCUT2D eigenvalue weighted by Gasteiger charge is 2.45. The van der Waals surface area contributed by atoms with Gasteiger partial charge in [0.2, 0.25) is 0 Å². The summed E-state index contributed by atoms with van der Waals surface area (Å²) in [6, 6.07) is 19.5. The van der Waals surface area contributed by atoms with Gasteiger partial charge in [-0.2, -0.15) is 0 Å². The molecule has 12 heteroatoms. The molecular weight excluding hydrogens is 690 g/mol. The number of nitrogens with one attached hydrogen (secondary N) is 2. The van der Waals surface area contributed by atoms with Gasteiger partial charge >= 0.3 is 0 Å². The van der Waals surface area contributed by atoms with Gasteiger partial charge < -0.3 is 24.8 Å². The van der Waals surface area contributed by atoms with Crippen LogP contribution in [-0.4, -0.2) is 64.6 Å². The van der Waals surface area contributed by atoms with Gasteiger partial charge in [-0.1, -0.05) is 12.6 Å². The number of amides is 2. The van der Waals surface area contributed by atoms with E-state index >= 15 is 0 Å². The maximum absolute atomic E-state index is 14.4. The minimum Gasteiger partial charge on any atom is -0.381 e. The van der Waals surface area contributed by atoms with Crippen molar-refractivity contribution in [3.8, 4) is 10.6 Å². The molecule has 3 aliphatic rings. The summed E-state index contributed by atoms with van der Waals surface area (Å²) in [6.45, 7) is 9.95. The number of pyridine rings is 2. The molecule has 2 N–H and O–H groups in total. The van der Waals surface area contributed by atoms with Crippen LogP contribution in [0.1, 0.15) is 55.4 Å². The SMILES string of the molecule is C=C(c1nc2c(F)cccc2[nH]1)c1cc2c(s1)-c1ncccc1N(C(=O)c1ccc(NC(=O)c3cc(C)cnc3N3CC4(CCOCC4)C3)cc1)CC2. The normalized spacial score (nSPS) is 16.1. The van der Waals surface area contributed by atoms with Crippen LogP contribution in [0.15, 0.2) is 85.7 Å². The predicted molar refractivity (Wildman–Crippen MR) is 205 cm³/mol. The van der Waals surface area contributed by atoms with E-state index in [4.69, 9.17) is 9.72 Å². The van der Waals surface area contributed by atoms with Crippen LogP contribution in [0.5, 0.6) is 0 Å². The number of rotatable bonds is 6. The van der Waals surface area contributed by atoms with Crippen LogP contribution < -0.4 is 15.1 Å². The minimum atomic E-state index is -0.387. The fourth-order valence-electron chi connectivity index (χ4n) is 7.64. The summed E-state index contributed by atoms with van der Waals surface area (Å²) in [4.78, 5) is 50.6. The van der Waals surface area contributed by atoms with Crippen LogP contribution in [0.25, 0.3) is 27.2 Å². The van der Waals surface area contributed by atoms with Crippen LogP contribution in [0.4, 0.5) is 21.6 Å². The van der Waals surface area contributed by atoms with Crippen molar-refractivity contribution in [1.29, 1.82) is 0 Å². The molecule has 2 fully saturated rings. The maximum atomic E-state index is 14.4. The molecule has 9 rings (SSSR count). The molecule has 0 unspecified atom stereocenters.